The van der Waals surface area contributed by atoms with Gasteiger partial charge in [0.1, 0.15) is 6.17 Å². The van der Waals surface area contributed by atoms with Crippen molar-refractivity contribution in [3.8, 4) is 0 Å². The van der Waals surface area contributed by atoms with Gasteiger partial charge in [0.15, 0.2) is 0 Å². The Morgan fingerprint density at radius 1 is 0.850 bits per heavy atom. The van der Waals surface area contributed by atoms with Crippen molar-refractivity contribution in [2.45, 2.75) is 59.3 Å². The number of isocyanates is 1. The van der Waals surface area contributed by atoms with Crippen LogP contribution in [0, 0.1) is 0 Å². The summed E-state index contributed by atoms with van der Waals surface area (Å²) in [5.41, 5.74) is 0. The lowest BCUT2D eigenvalue weighted by Gasteiger charge is -2.28. The minimum Gasteiger partial charge on any atom is -0.372 e. The van der Waals surface area contributed by atoms with E-state index in [1.807, 2.05) is 0 Å². The molecule has 0 saturated heterocycles. The average molecular weight is 303 g/mol. The Bertz CT molecular complexity index is 243. The Balaban J connectivity index is 4.60. The molecule has 20 heavy (non-hydrogen) atoms. The molecule has 0 radical (unpaired) electrons. The van der Waals surface area contributed by atoms with Gasteiger partial charge in [0.25, 0.3) is 0 Å². The smallest absolute Gasteiger partial charge is 0.372 e. The van der Waals surface area contributed by atoms with Crippen molar-refractivity contribution < 1.29 is 18.1 Å². The number of aliphatic imine (C=N–C) groups is 1. The first-order valence-corrected chi connectivity index (χ1v) is 9.63. The van der Waals surface area contributed by atoms with Gasteiger partial charge in [-0.1, -0.05) is 40.0 Å². The van der Waals surface area contributed by atoms with Gasteiger partial charge in [-0.05, 0) is 19.3 Å². The number of hydrogen-bond acceptors (Lipinski definition) is 5. The molecule has 0 heterocycles. The standard InChI is InChI=1S/C14H29NO4Si/c1-4-7-10-17-20(14-15-13-16,18-11-8-5-2)19-12-9-6-3/h4-12,14H2,1-3H3. The second kappa shape index (κ2) is 13.5. The topological polar surface area (TPSA) is 57.1 Å². The summed E-state index contributed by atoms with van der Waals surface area (Å²) in [6, 6.07) is 0. The molecule has 0 amide bonds. The first kappa shape index (κ1) is 19.5. The van der Waals surface area contributed by atoms with E-state index in [2.05, 4.69) is 25.8 Å². The molecular weight excluding hydrogens is 274 g/mol. The van der Waals surface area contributed by atoms with E-state index in [9.17, 15) is 4.79 Å². The molecule has 0 aliphatic carbocycles. The summed E-state index contributed by atoms with van der Waals surface area (Å²) in [6.45, 7) is 8.09. The average Bonchev–Trinajstić information content (AvgIpc) is 2.46. The van der Waals surface area contributed by atoms with Gasteiger partial charge in [-0.3, -0.25) is 0 Å². The predicted octanol–water partition coefficient (Wildman–Crippen LogP) is 3.25. The van der Waals surface area contributed by atoms with Crippen LogP contribution in [0.1, 0.15) is 59.3 Å². The van der Waals surface area contributed by atoms with E-state index in [-0.39, 0.29) is 6.17 Å². The summed E-state index contributed by atoms with van der Waals surface area (Å²) in [5, 5.41) is 0. The summed E-state index contributed by atoms with van der Waals surface area (Å²) in [5.74, 6) is 0. The zero-order valence-corrected chi connectivity index (χ0v) is 14.2. The molecule has 0 aliphatic heterocycles. The van der Waals surface area contributed by atoms with Gasteiger partial charge in [-0.2, -0.15) is 0 Å². The molecule has 0 N–H and O–H groups in total. The van der Waals surface area contributed by atoms with Gasteiger partial charge in [0, 0.05) is 19.8 Å². The Hall–Kier alpha value is -0.523. The molecule has 6 heteroatoms. The maximum Gasteiger partial charge on any atom is 0.524 e. The van der Waals surface area contributed by atoms with E-state index < -0.39 is 8.80 Å². The molecule has 0 saturated carbocycles. The van der Waals surface area contributed by atoms with Crippen LogP contribution < -0.4 is 0 Å². The third-order valence-corrected chi connectivity index (χ3v) is 5.27. The number of rotatable bonds is 14. The quantitative estimate of drug-likeness (QED) is 0.214. The van der Waals surface area contributed by atoms with E-state index in [4.69, 9.17) is 13.3 Å². The van der Waals surface area contributed by atoms with Gasteiger partial charge in [-0.25, -0.2) is 9.79 Å². The highest BCUT2D eigenvalue weighted by Gasteiger charge is 2.41. The van der Waals surface area contributed by atoms with E-state index in [0.717, 1.165) is 38.5 Å². The van der Waals surface area contributed by atoms with Gasteiger partial charge < -0.3 is 13.3 Å². The number of unbranched alkanes of at least 4 members (excludes halogenated alkanes) is 3. The van der Waals surface area contributed by atoms with Crippen LogP contribution in [-0.2, 0) is 18.1 Å². The molecule has 0 unspecified atom stereocenters. The molecule has 0 bridgehead atoms. The summed E-state index contributed by atoms with van der Waals surface area (Å²) >= 11 is 0. The number of hydrogen-bond donors (Lipinski definition) is 0. The van der Waals surface area contributed by atoms with Gasteiger partial charge in [-0.15, -0.1) is 0 Å². The number of nitrogens with zero attached hydrogens (tertiary/aromatic N) is 1. The van der Waals surface area contributed by atoms with Crippen LogP contribution in [0.3, 0.4) is 0 Å². The molecule has 0 atom stereocenters. The lowest BCUT2D eigenvalue weighted by atomic mass is 10.4. The summed E-state index contributed by atoms with van der Waals surface area (Å²) in [4.78, 5) is 14.1. The van der Waals surface area contributed by atoms with Gasteiger partial charge in [0.05, 0.1) is 0 Å². The monoisotopic (exact) mass is 303 g/mol. The Morgan fingerprint density at radius 3 is 1.55 bits per heavy atom. The van der Waals surface area contributed by atoms with Crippen LogP contribution in [0.25, 0.3) is 0 Å². The highest BCUT2D eigenvalue weighted by Crippen LogP contribution is 2.14. The van der Waals surface area contributed by atoms with Crippen LogP contribution in [0.2, 0.25) is 0 Å². The Morgan fingerprint density at radius 2 is 1.25 bits per heavy atom. The first-order chi connectivity index (χ1) is 9.74. The SMILES string of the molecule is CCCCO[Si](CN=C=O)(OCCCC)OCCCC. The van der Waals surface area contributed by atoms with E-state index in [0.29, 0.717) is 19.8 Å². The second-order valence-electron chi connectivity index (χ2n) is 4.70. The first-order valence-electron chi connectivity index (χ1n) is 7.70. The molecule has 0 spiro atoms. The van der Waals surface area contributed by atoms with Crippen LogP contribution in [0.15, 0.2) is 4.99 Å². The van der Waals surface area contributed by atoms with Gasteiger partial charge in [0.2, 0.25) is 6.08 Å². The van der Waals surface area contributed by atoms with Crippen molar-refractivity contribution in [2.24, 2.45) is 4.99 Å². The van der Waals surface area contributed by atoms with Crippen molar-refractivity contribution in [3.05, 3.63) is 0 Å². The fraction of sp³-hybridized carbons (Fsp3) is 0.929. The van der Waals surface area contributed by atoms with Crippen LogP contribution >= 0.6 is 0 Å². The highest BCUT2D eigenvalue weighted by atomic mass is 28.4. The van der Waals surface area contributed by atoms with Crippen molar-refractivity contribution in [1.82, 2.24) is 0 Å². The van der Waals surface area contributed by atoms with E-state index >= 15 is 0 Å². The Labute approximate surface area is 124 Å². The molecular formula is C14H29NO4Si. The molecule has 0 aromatic rings. The molecule has 0 fully saturated rings. The second-order valence-corrected chi connectivity index (χ2v) is 7.24. The zero-order valence-electron chi connectivity index (χ0n) is 13.2. The molecule has 0 aliphatic rings. The fourth-order valence-electron chi connectivity index (χ4n) is 1.51. The lowest BCUT2D eigenvalue weighted by molar-refractivity contribution is 0.0578. The zero-order chi connectivity index (χ0) is 15.1. The molecule has 118 valence electrons. The third kappa shape index (κ3) is 9.39. The van der Waals surface area contributed by atoms with Crippen LogP contribution in [-0.4, -0.2) is 40.9 Å². The number of carbonyl (C=O) groups excluding carboxylic acids is 1. The molecule has 0 rings (SSSR count). The maximum atomic E-state index is 10.4. The summed E-state index contributed by atoms with van der Waals surface area (Å²) in [6.07, 6.45) is 7.74. The Kier molecular flexibility index (Phi) is 13.1. The molecule has 5 nitrogen and oxygen atoms in total. The summed E-state index contributed by atoms with van der Waals surface area (Å²) < 4.78 is 17.7. The van der Waals surface area contributed by atoms with E-state index in [1.165, 1.54) is 0 Å². The van der Waals surface area contributed by atoms with Crippen molar-refractivity contribution >= 4 is 14.9 Å². The minimum atomic E-state index is -2.86. The normalized spacial score (nSPS) is 11.3. The van der Waals surface area contributed by atoms with Crippen LogP contribution in [0.4, 0.5) is 0 Å². The fourth-order valence-corrected chi connectivity index (χ4v) is 3.66. The third-order valence-electron chi connectivity index (χ3n) is 2.80. The predicted molar refractivity (Wildman–Crippen MR) is 81.3 cm³/mol. The molecule has 0 aromatic heterocycles. The highest BCUT2D eigenvalue weighted by molar-refractivity contribution is 6.61. The van der Waals surface area contributed by atoms with Crippen molar-refractivity contribution in [3.63, 3.8) is 0 Å². The minimum absolute atomic E-state index is 0.174. The van der Waals surface area contributed by atoms with E-state index in [1.54, 1.807) is 6.08 Å². The maximum absolute atomic E-state index is 10.4. The molecule has 0 aromatic carbocycles. The van der Waals surface area contributed by atoms with Crippen molar-refractivity contribution in [2.75, 3.05) is 26.0 Å². The van der Waals surface area contributed by atoms with Crippen LogP contribution in [0.5, 0.6) is 0 Å². The lowest BCUT2D eigenvalue weighted by Crippen LogP contribution is -2.50. The van der Waals surface area contributed by atoms with Gasteiger partial charge >= 0.3 is 8.80 Å². The summed E-state index contributed by atoms with van der Waals surface area (Å²) in [7, 11) is -2.86. The van der Waals surface area contributed by atoms with Crippen molar-refractivity contribution in [1.29, 1.82) is 0 Å². The largest absolute Gasteiger partial charge is 0.524 e.